The Balaban J connectivity index is 2.22. The number of aromatic nitrogens is 2. The monoisotopic (exact) mass is 392 g/mol. The van der Waals surface area contributed by atoms with Crippen molar-refractivity contribution < 1.29 is 9.16 Å². The Kier molecular flexibility index (Phi) is 7.11. The zero-order chi connectivity index (χ0) is 19.3. The predicted octanol–water partition coefficient (Wildman–Crippen LogP) is 3.96. The van der Waals surface area contributed by atoms with Gasteiger partial charge in [0.2, 0.25) is 0 Å². The molecular formula is C19H28N2O3SSi. The van der Waals surface area contributed by atoms with Crippen molar-refractivity contribution in [3.8, 4) is 11.3 Å². The Morgan fingerprint density at radius 1 is 1.23 bits per heavy atom. The molecule has 0 saturated heterocycles. The minimum absolute atomic E-state index is 0.00794. The van der Waals surface area contributed by atoms with E-state index in [1.807, 2.05) is 30.3 Å². The smallest absolute Gasteiger partial charge is 0.252 e. The van der Waals surface area contributed by atoms with E-state index in [2.05, 4.69) is 38.8 Å². The standard InChI is InChI=1S/C19H28N2O3SSi/c1-19(2,3)16(24-26(4)5)12-23-13-21-15(11-17(22)20-18(21)25)14-9-7-6-8-10-14/h6-11,16,26H,12-13H2,1-5H3,(H,20,22,25). The first kappa shape index (κ1) is 20.8. The van der Waals surface area contributed by atoms with E-state index in [-0.39, 0.29) is 23.8 Å². The number of hydrogen-bond donors (Lipinski definition) is 1. The molecule has 1 aromatic heterocycles. The van der Waals surface area contributed by atoms with Gasteiger partial charge in [-0.25, -0.2) is 0 Å². The highest BCUT2D eigenvalue weighted by molar-refractivity contribution is 7.71. The molecule has 1 unspecified atom stereocenters. The van der Waals surface area contributed by atoms with Gasteiger partial charge in [0, 0.05) is 6.07 Å². The summed E-state index contributed by atoms with van der Waals surface area (Å²) in [7, 11) is -1.18. The lowest BCUT2D eigenvalue weighted by Gasteiger charge is -2.32. The molecule has 5 nitrogen and oxygen atoms in total. The Morgan fingerprint density at radius 3 is 2.46 bits per heavy atom. The summed E-state index contributed by atoms with van der Waals surface area (Å²) in [5.41, 5.74) is 1.44. The van der Waals surface area contributed by atoms with E-state index in [1.54, 1.807) is 10.6 Å². The van der Waals surface area contributed by atoms with Gasteiger partial charge in [0.15, 0.2) is 13.8 Å². The van der Waals surface area contributed by atoms with Crippen LogP contribution in [0.25, 0.3) is 11.3 Å². The second-order valence-corrected chi connectivity index (χ2v) is 10.4. The van der Waals surface area contributed by atoms with Crippen LogP contribution in [0.2, 0.25) is 13.1 Å². The SMILES string of the molecule is C[SiH](C)OC(COCn1c(-c2ccccc2)cc(=O)[nH]c1=S)C(C)(C)C. The van der Waals surface area contributed by atoms with Gasteiger partial charge in [0.25, 0.3) is 5.56 Å². The number of ether oxygens (including phenoxy) is 1. The number of benzene rings is 1. The first-order valence-electron chi connectivity index (χ1n) is 8.81. The van der Waals surface area contributed by atoms with Gasteiger partial charge in [-0.15, -0.1) is 0 Å². The van der Waals surface area contributed by atoms with Crippen molar-refractivity contribution in [1.29, 1.82) is 0 Å². The molecule has 0 aliphatic carbocycles. The maximum Gasteiger partial charge on any atom is 0.252 e. The van der Waals surface area contributed by atoms with Crippen molar-refractivity contribution >= 4 is 21.3 Å². The average Bonchev–Trinajstić information content (AvgIpc) is 2.55. The average molecular weight is 393 g/mol. The Morgan fingerprint density at radius 2 is 1.88 bits per heavy atom. The van der Waals surface area contributed by atoms with Gasteiger partial charge in [0.05, 0.1) is 18.4 Å². The van der Waals surface area contributed by atoms with Crippen molar-refractivity contribution in [2.45, 2.75) is 46.7 Å². The van der Waals surface area contributed by atoms with E-state index in [9.17, 15) is 4.79 Å². The van der Waals surface area contributed by atoms with Crippen molar-refractivity contribution in [3.63, 3.8) is 0 Å². The van der Waals surface area contributed by atoms with Gasteiger partial charge in [-0.05, 0) is 36.3 Å². The molecule has 142 valence electrons. The number of H-pyrrole nitrogens is 1. The van der Waals surface area contributed by atoms with Crippen LogP contribution >= 0.6 is 12.2 Å². The molecule has 2 aromatic rings. The van der Waals surface area contributed by atoms with Crippen LogP contribution in [0.5, 0.6) is 0 Å². The van der Waals surface area contributed by atoms with E-state index in [0.717, 1.165) is 11.3 Å². The van der Waals surface area contributed by atoms with Crippen molar-refractivity contribution in [2.24, 2.45) is 5.41 Å². The first-order chi connectivity index (χ1) is 12.2. The van der Waals surface area contributed by atoms with Crippen molar-refractivity contribution in [1.82, 2.24) is 9.55 Å². The quantitative estimate of drug-likeness (QED) is 0.572. The zero-order valence-electron chi connectivity index (χ0n) is 16.1. The third-order valence-corrected chi connectivity index (χ3v) is 5.19. The third-order valence-electron chi connectivity index (χ3n) is 4.00. The number of nitrogens with one attached hydrogen (secondary N) is 1. The van der Waals surface area contributed by atoms with Gasteiger partial charge < -0.3 is 9.16 Å². The molecule has 1 heterocycles. The van der Waals surface area contributed by atoms with E-state index >= 15 is 0 Å². The first-order valence-corrected chi connectivity index (χ1v) is 12.0. The molecule has 0 radical (unpaired) electrons. The molecule has 1 aromatic carbocycles. The maximum absolute atomic E-state index is 11.9. The summed E-state index contributed by atoms with van der Waals surface area (Å²) < 4.78 is 14.3. The highest BCUT2D eigenvalue weighted by Gasteiger charge is 2.26. The van der Waals surface area contributed by atoms with Crippen LogP contribution in [0.4, 0.5) is 0 Å². The number of aromatic amines is 1. The summed E-state index contributed by atoms with van der Waals surface area (Å²) in [5.74, 6) is 0. The van der Waals surface area contributed by atoms with Crippen LogP contribution in [0.1, 0.15) is 20.8 Å². The molecule has 7 heteroatoms. The highest BCUT2D eigenvalue weighted by Crippen LogP contribution is 2.24. The maximum atomic E-state index is 11.9. The van der Waals surface area contributed by atoms with Gasteiger partial charge in [-0.2, -0.15) is 0 Å². The second-order valence-electron chi connectivity index (χ2n) is 7.66. The summed E-state index contributed by atoms with van der Waals surface area (Å²) >= 11 is 5.35. The summed E-state index contributed by atoms with van der Waals surface area (Å²) in [6.45, 7) is 11.5. The van der Waals surface area contributed by atoms with Crippen molar-refractivity contribution in [2.75, 3.05) is 6.61 Å². The Bertz CT molecular complexity index is 825. The van der Waals surface area contributed by atoms with E-state index in [1.165, 1.54) is 0 Å². The van der Waals surface area contributed by atoms with E-state index in [0.29, 0.717) is 11.4 Å². The summed E-state index contributed by atoms with van der Waals surface area (Å²) in [4.78, 5) is 14.5. The van der Waals surface area contributed by atoms with Crippen LogP contribution in [0, 0.1) is 10.2 Å². The third kappa shape index (κ3) is 5.74. The summed E-state index contributed by atoms with van der Waals surface area (Å²) in [5, 5.41) is 0. The summed E-state index contributed by atoms with van der Waals surface area (Å²) in [6.07, 6.45) is 0.0197. The molecule has 2 rings (SSSR count). The second kappa shape index (κ2) is 8.90. The van der Waals surface area contributed by atoms with Gasteiger partial charge in [0.1, 0.15) is 6.73 Å². The number of nitrogens with zero attached hydrogens (tertiary/aromatic N) is 1. The lowest BCUT2D eigenvalue weighted by atomic mass is 9.90. The van der Waals surface area contributed by atoms with E-state index in [4.69, 9.17) is 21.4 Å². The minimum Gasteiger partial charge on any atom is -0.415 e. The van der Waals surface area contributed by atoms with Crippen molar-refractivity contribution in [3.05, 3.63) is 51.5 Å². The molecule has 0 aliphatic heterocycles. The molecule has 1 atom stereocenters. The summed E-state index contributed by atoms with van der Waals surface area (Å²) in [6, 6.07) is 11.3. The molecule has 26 heavy (non-hydrogen) atoms. The minimum atomic E-state index is -1.18. The zero-order valence-corrected chi connectivity index (χ0v) is 18.1. The highest BCUT2D eigenvalue weighted by atomic mass is 32.1. The lowest BCUT2D eigenvalue weighted by molar-refractivity contribution is -0.0284. The molecular weight excluding hydrogens is 364 g/mol. The molecule has 0 amide bonds. The molecule has 0 aliphatic rings. The topological polar surface area (TPSA) is 56.2 Å². The van der Waals surface area contributed by atoms with Crippen LogP contribution < -0.4 is 5.56 Å². The van der Waals surface area contributed by atoms with Crippen LogP contribution in [-0.4, -0.2) is 31.3 Å². The van der Waals surface area contributed by atoms with E-state index < -0.39 is 9.04 Å². The Hall–Kier alpha value is -1.54. The fourth-order valence-corrected chi connectivity index (χ4v) is 3.97. The molecule has 0 fully saturated rings. The molecule has 1 N–H and O–H groups in total. The van der Waals surface area contributed by atoms with Crippen LogP contribution in [0.15, 0.2) is 41.2 Å². The Labute approximate surface area is 161 Å². The fourth-order valence-electron chi connectivity index (χ4n) is 2.57. The molecule has 0 saturated carbocycles. The normalized spacial score (nSPS) is 13.2. The van der Waals surface area contributed by atoms with Gasteiger partial charge in [-0.3, -0.25) is 14.3 Å². The fraction of sp³-hybridized carbons (Fsp3) is 0.474. The lowest BCUT2D eigenvalue weighted by Crippen LogP contribution is -2.37. The van der Waals surface area contributed by atoms with Gasteiger partial charge in [-0.1, -0.05) is 51.1 Å². The largest absolute Gasteiger partial charge is 0.415 e. The van der Waals surface area contributed by atoms with Gasteiger partial charge >= 0.3 is 0 Å². The molecule has 0 bridgehead atoms. The number of rotatable bonds is 7. The molecule has 0 spiro atoms. The van der Waals surface area contributed by atoms with Crippen LogP contribution in [-0.2, 0) is 15.9 Å². The number of hydrogen-bond acceptors (Lipinski definition) is 4. The van der Waals surface area contributed by atoms with Crippen LogP contribution in [0.3, 0.4) is 0 Å². The predicted molar refractivity (Wildman–Crippen MR) is 110 cm³/mol.